The monoisotopic (exact) mass is 874 g/mol. The van der Waals surface area contributed by atoms with Gasteiger partial charge in [0, 0.05) is 5.56 Å². The zero-order chi connectivity index (χ0) is 46.1. The molecule has 0 saturated heterocycles. The predicted molar refractivity (Wildman–Crippen MR) is 239 cm³/mol. The van der Waals surface area contributed by atoms with Crippen molar-refractivity contribution in [1.29, 1.82) is 5.26 Å². The minimum absolute atomic E-state index is 0.170. The largest absolute Gasteiger partial charge is 0.457 e. The third kappa shape index (κ3) is 13.4. The third-order valence-electron chi connectivity index (χ3n) is 10.3. The number of carbonyl (C=O) groups is 5. The number of amides is 1. The molecule has 0 aliphatic rings. The Labute approximate surface area is 376 Å². The molecule has 6 aromatic rings. The summed E-state index contributed by atoms with van der Waals surface area (Å²) in [7, 11) is 0. The Kier molecular flexibility index (Phi) is 16.2. The zero-order valence-corrected chi connectivity index (χ0v) is 35.9. The Balaban J connectivity index is 0.864. The van der Waals surface area contributed by atoms with Crippen LogP contribution in [0.2, 0.25) is 0 Å². The van der Waals surface area contributed by atoms with E-state index in [2.05, 4.69) is 11.4 Å². The average Bonchev–Trinajstić information content (AvgIpc) is 3.34. The lowest BCUT2D eigenvalue weighted by Crippen LogP contribution is -2.26. The van der Waals surface area contributed by atoms with E-state index in [0.29, 0.717) is 34.8 Å². The molecule has 0 fully saturated rings. The molecule has 3 unspecified atom stereocenters. The lowest BCUT2D eigenvalue weighted by atomic mass is 9.94. The first-order valence-electron chi connectivity index (χ1n) is 20.8. The molecule has 65 heavy (non-hydrogen) atoms. The van der Waals surface area contributed by atoms with Crippen molar-refractivity contribution in [3.63, 3.8) is 0 Å². The first-order chi connectivity index (χ1) is 31.5. The van der Waals surface area contributed by atoms with Crippen LogP contribution < -0.4 is 24.3 Å². The van der Waals surface area contributed by atoms with Crippen molar-refractivity contribution >= 4 is 29.8 Å². The van der Waals surface area contributed by atoms with Gasteiger partial charge in [-0.05, 0) is 134 Å². The summed E-state index contributed by atoms with van der Waals surface area (Å²) in [6, 6.07) is 44.2. The Morgan fingerprint density at radius 2 is 1.00 bits per heavy atom. The number of esters is 4. The van der Waals surface area contributed by atoms with Gasteiger partial charge in [0.05, 0.1) is 40.6 Å². The van der Waals surface area contributed by atoms with Crippen LogP contribution in [0.5, 0.6) is 23.0 Å². The fraction of sp³-hybridized carbons (Fsp3) is 0.192. The lowest BCUT2D eigenvalue weighted by molar-refractivity contribution is -0.159. The van der Waals surface area contributed by atoms with Crippen molar-refractivity contribution in [3.05, 3.63) is 179 Å². The van der Waals surface area contributed by atoms with Gasteiger partial charge in [-0.25, -0.2) is 9.59 Å². The van der Waals surface area contributed by atoms with Gasteiger partial charge in [0.1, 0.15) is 23.0 Å². The van der Waals surface area contributed by atoms with Crippen molar-refractivity contribution in [2.24, 2.45) is 11.8 Å². The van der Waals surface area contributed by atoms with Gasteiger partial charge < -0.3 is 33.7 Å². The fourth-order valence-electron chi connectivity index (χ4n) is 6.46. The van der Waals surface area contributed by atoms with Crippen LogP contribution >= 0.6 is 0 Å². The summed E-state index contributed by atoms with van der Waals surface area (Å²) in [5.74, 6) is -2.46. The smallest absolute Gasteiger partial charge is 0.343 e. The van der Waals surface area contributed by atoms with Crippen LogP contribution in [0.4, 0.5) is 0 Å². The highest BCUT2D eigenvalue weighted by Crippen LogP contribution is 2.25. The second-order valence-corrected chi connectivity index (χ2v) is 14.9. The topological polar surface area (TPSA) is 177 Å². The Morgan fingerprint density at radius 3 is 1.49 bits per heavy atom. The first kappa shape index (κ1) is 46.3. The molecule has 0 aliphatic heterocycles. The second-order valence-electron chi connectivity index (χ2n) is 14.9. The standard InChI is InChI=1S/C52H46N2O11/c1-4-37(50(57)63-33-61-45-24-20-42(21-25-45)51(58)64-46-26-14-40(15-27-46)39-12-10-36(31-53)11-13-39)30-34(2)49(56)62-32-60-44-22-18-43(19-23-44)52(59)65-47-28-16-41(17-29-47)48(55)54-35(3)38-8-6-5-7-9-38/h5-29,34-35,37H,4,30,32-33H2,1-3H3,(H,54,55). The quantitative estimate of drug-likeness (QED) is 0.0464. The van der Waals surface area contributed by atoms with E-state index in [0.717, 1.165) is 16.7 Å². The van der Waals surface area contributed by atoms with Gasteiger partial charge >= 0.3 is 23.9 Å². The van der Waals surface area contributed by atoms with Crippen LogP contribution in [-0.2, 0) is 19.1 Å². The van der Waals surface area contributed by atoms with Gasteiger partial charge in [-0.1, -0.05) is 68.4 Å². The average molecular weight is 875 g/mol. The summed E-state index contributed by atoms with van der Waals surface area (Å²) in [6.07, 6.45) is 0.580. The van der Waals surface area contributed by atoms with E-state index in [-0.39, 0.29) is 42.0 Å². The summed E-state index contributed by atoms with van der Waals surface area (Å²) in [4.78, 5) is 63.8. The Morgan fingerprint density at radius 1 is 0.554 bits per heavy atom. The summed E-state index contributed by atoms with van der Waals surface area (Å²) >= 11 is 0. The number of hydrogen-bond donors (Lipinski definition) is 1. The number of rotatable bonds is 19. The molecule has 0 radical (unpaired) electrons. The Bertz CT molecular complexity index is 2590. The molecule has 0 spiro atoms. The summed E-state index contributed by atoms with van der Waals surface area (Å²) < 4.78 is 32.7. The maximum Gasteiger partial charge on any atom is 0.343 e. The highest BCUT2D eigenvalue weighted by atomic mass is 16.7. The molecule has 0 bridgehead atoms. The Hall–Kier alpha value is -8.24. The van der Waals surface area contributed by atoms with E-state index in [1.165, 1.54) is 36.4 Å². The first-order valence-corrected chi connectivity index (χ1v) is 20.8. The van der Waals surface area contributed by atoms with Crippen molar-refractivity contribution in [3.8, 4) is 40.2 Å². The molecule has 330 valence electrons. The minimum atomic E-state index is -0.650. The highest BCUT2D eigenvalue weighted by Gasteiger charge is 2.26. The normalized spacial score (nSPS) is 12.0. The fourth-order valence-corrected chi connectivity index (χ4v) is 6.46. The van der Waals surface area contributed by atoms with E-state index in [1.807, 2.05) is 61.5 Å². The minimum Gasteiger partial charge on any atom is -0.457 e. The maximum atomic E-state index is 12.9. The van der Waals surface area contributed by atoms with Crippen LogP contribution in [0.25, 0.3) is 11.1 Å². The zero-order valence-electron chi connectivity index (χ0n) is 35.9. The molecule has 6 rings (SSSR count). The summed E-state index contributed by atoms with van der Waals surface area (Å²) in [5, 5.41) is 12.0. The molecular formula is C52H46N2O11. The molecule has 0 saturated carbocycles. The highest BCUT2D eigenvalue weighted by molar-refractivity contribution is 5.95. The number of nitrogens with one attached hydrogen (secondary N) is 1. The second kappa shape index (κ2) is 22.7. The number of ether oxygens (including phenoxy) is 6. The number of nitrogens with zero attached hydrogens (tertiary/aromatic N) is 1. The van der Waals surface area contributed by atoms with Crippen LogP contribution in [0, 0.1) is 23.2 Å². The SMILES string of the molecule is CCC(CC(C)C(=O)OCOc1ccc(C(=O)Oc2ccc(C(=O)NC(C)c3ccccc3)cc2)cc1)C(=O)OCOc1ccc(C(=O)Oc2ccc(-c3ccc(C#N)cc3)cc2)cc1. The van der Waals surface area contributed by atoms with E-state index in [9.17, 15) is 24.0 Å². The van der Waals surface area contributed by atoms with Crippen molar-refractivity contribution in [2.75, 3.05) is 13.6 Å². The van der Waals surface area contributed by atoms with Gasteiger partial charge in [0.25, 0.3) is 5.91 Å². The molecular weight excluding hydrogens is 829 g/mol. The summed E-state index contributed by atoms with van der Waals surface area (Å²) in [5.41, 5.74) is 4.34. The molecule has 0 aromatic heterocycles. The molecule has 1 amide bonds. The van der Waals surface area contributed by atoms with Crippen LogP contribution in [0.15, 0.2) is 152 Å². The number of hydrogen-bond acceptors (Lipinski definition) is 12. The summed E-state index contributed by atoms with van der Waals surface area (Å²) in [6.45, 7) is 4.57. The van der Waals surface area contributed by atoms with Crippen molar-refractivity contribution in [1.82, 2.24) is 5.32 Å². The van der Waals surface area contributed by atoms with Gasteiger partial charge in [0.2, 0.25) is 13.6 Å². The van der Waals surface area contributed by atoms with Crippen molar-refractivity contribution in [2.45, 2.75) is 39.7 Å². The van der Waals surface area contributed by atoms with E-state index in [1.54, 1.807) is 74.5 Å². The molecule has 3 atom stereocenters. The third-order valence-corrected chi connectivity index (χ3v) is 10.3. The molecule has 0 aliphatic carbocycles. The molecule has 13 nitrogen and oxygen atoms in total. The van der Waals surface area contributed by atoms with Gasteiger partial charge in [-0.2, -0.15) is 5.26 Å². The number of nitriles is 1. The predicted octanol–water partition coefficient (Wildman–Crippen LogP) is 9.67. The van der Waals surface area contributed by atoms with Crippen LogP contribution in [0.3, 0.4) is 0 Å². The molecule has 13 heteroatoms. The van der Waals surface area contributed by atoms with Crippen molar-refractivity contribution < 1.29 is 52.4 Å². The van der Waals surface area contributed by atoms with Gasteiger partial charge in [-0.3, -0.25) is 14.4 Å². The van der Waals surface area contributed by atoms with Crippen LogP contribution in [-0.4, -0.2) is 43.4 Å². The number of carbonyl (C=O) groups excluding carboxylic acids is 5. The van der Waals surface area contributed by atoms with E-state index in [4.69, 9.17) is 33.7 Å². The maximum absolute atomic E-state index is 12.9. The molecule has 6 aromatic carbocycles. The van der Waals surface area contributed by atoms with E-state index < -0.39 is 42.5 Å². The van der Waals surface area contributed by atoms with Gasteiger partial charge in [-0.15, -0.1) is 0 Å². The van der Waals surface area contributed by atoms with E-state index >= 15 is 0 Å². The van der Waals surface area contributed by atoms with Gasteiger partial charge in [0.15, 0.2) is 0 Å². The lowest BCUT2D eigenvalue weighted by Gasteiger charge is -2.18. The molecule has 1 N–H and O–H groups in total. The molecule has 0 heterocycles. The number of benzene rings is 6. The van der Waals surface area contributed by atoms with Crippen LogP contribution in [0.1, 0.15) is 81.9 Å².